The molecule has 19 heavy (non-hydrogen) atoms. The molecule has 0 fully saturated rings. The van der Waals surface area contributed by atoms with Gasteiger partial charge in [-0.2, -0.15) is 4.31 Å². The zero-order valence-corrected chi connectivity index (χ0v) is 11.9. The van der Waals surface area contributed by atoms with Gasteiger partial charge in [0.25, 0.3) is 10.0 Å². The Hall–Kier alpha value is -1.37. The second-order valence-corrected chi connectivity index (χ2v) is 6.32. The Morgan fingerprint density at radius 1 is 1.42 bits per heavy atom. The summed E-state index contributed by atoms with van der Waals surface area (Å²) in [4.78, 5) is 6.37. The number of sulfonamides is 1. The van der Waals surface area contributed by atoms with Crippen molar-refractivity contribution in [3.63, 3.8) is 0 Å². The van der Waals surface area contributed by atoms with E-state index in [4.69, 9.17) is 11.6 Å². The minimum atomic E-state index is -3.55. The van der Waals surface area contributed by atoms with Crippen LogP contribution in [0.15, 0.2) is 41.8 Å². The highest BCUT2D eigenvalue weighted by Gasteiger charge is 2.24. The predicted octanol–water partition coefficient (Wildman–Crippen LogP) is 2.27. The van der Waals surface area contributed by atoms with Crippen LogP contribution in [-0.2, 0) is 16.6 Å². The lowest BCUT2D eigenvalue weighted by molar-refractivity contribution is 0.421. The quantitative estimate of drug-likeness (QED) is 0.921. The van der Waals surface area contributed by atoms with Gasteiger partial charge in [0.05, 0.1) is 12.5 Å². The molecule has 1 heterocycles. The fourth-order valence-electron chi connectivity index (χ4n) is 1.73. The summed E-state index contributed by atoms with van der Waals surface area (Å²) < 4.78 is 26.0. The lowest BCUT2D eigenvalue weighted by atomic mass is 10.2. The van der Waals surface area contributed by atoms with Crippen LogP contribution >= 0.6 is 11.6 Å². The van der Waals surface area contributed by atoms with Gasteiger partial charge < -0.3 is 4.98 Å². The van der Waals surface area contributed by atoms with E-state index in [1.807, 2.05) is 6.07 Å². The first-order valence-corrected chi connectivity index (χ1v) is 7.59. The van der Waals surface area contributed by atoms with Gasteiger partial charge in [-0.05, 0) is 17.7 Å². The first-order chi connectivity index (χ1) is 9.04. The van der Waals surface area contributed by atoms with Crippen LogP contribution in [0.3, 0.4) is 0 Å². The van der Waals surface area contributed by atoms with Crippen LogP contribution in [0, 0.1) is 0 Å². The number of aromatic nitrogens is 2. The van der Waals surface area contributed by atoms with Crippen molar-refractivity contribution in [3.05, 3.63) is 47.4 Å². The molecule has 0 atom stereocenters. The molecule has 0 aliphatic heterocycles. The van der Waals surface area contributed by atoms with Crippen molar-refractivity contribution in [1.82, 2.24) is 14.3 Å². The van der Waals surface area contributed by atoms with E-state index in [-0.39, 0.29) is 11.6 Å². The molecule has 0 radical (unpaired) electrons. The average Bonchev–Trinajstić information content (AvgIpc) is 2.90. The number of hydrogen-bond donors (Lipinski definition) is 1. The van der Waals surface area contributed by atoms with Gasteiger partial charge in [-0.1, -0.05) is 30.7 Å². The molecule has 1 aromatic carbocycles. The molecule has 0 aliphatic rings. The molecule has 0 saturated carbocycles. The fraction of sp³-hybridized carbons (Fsp3) is 0.250. The number of halogens is 1. The zero-order chi connectivity index (χ0) is 13.9. The van der Waals surface area contributed by atoms with Crippen LogP contribution in [0.4, 0.5) is 0 Å². The molecule has 0 unspecified atom stereocenters. The number of hydrogen-bond acceptors (Lipinski definition) is 3. The lowest BCUT2D eigenvalue weighted by Crippen LogP contribution is -2.30. The van der Waals surface area contributed by atoms with E-state index in [1.54, 1.807) is 25.1 Å². The normalized spacial score (nSPS) is 11.9. The SMILES string of the molecule is CCN(Cc1cccc(Cl)c1)S(=O)(=O)c1cnc[nH]1. The molecule has 7 heteroatoms. The Balaban J connectivity index is 2.26. The summed E-state index contributed by atoms with van der Waals surface area (Å²) >= 11 is 5.90. The molecule has 2 rings (SSSR count). The smallest absolute Gasteiger partial charge is 0.260 e. The second kappa shape index (κ2) is 5.73. The number of H-pyrrole nitrogens is 1. The fourth-order valence-corrected chi connectivity index (χ4v) is 3.27. The third kappa shape index (κ3) is 3.15. The molecule has 0 saturated heterocycles. The van der Waals surface area contributed by atoms with Crippen LogP contribution in [-0.4, -0.2) is 29.2 Å². The third-order valence-corrected chi connectivity index (χ3v) is 4.77. The highest BCUT2D eigenvalue weighted by Crippen LogP contribution is 2.17. The summed E-state index contributed by atoms with van der Waals surface area (Å²) in [6, 6.07) is 7.16. The summed E-state index contributed by atoms with van der Waals surface area (Å²) in [6.07, 6.45) is 2.65. The van der Waals surface area contributed by atoms with Crippen molar-refractivity contribution in [2.45, 2.75) is 18.5 Å². The van der Waals surface area contributed by atoms with Crippen molar-refractivity contribution in [2.24, 2.45) is 0 Å². The van der Waals surface area contributed by atoms with Crippen molar-refractivity contribution < 1.29 is 8.42 Å². The molecule has 1 N–H and O–H groups in total. The van der Waals surface area contributed by atoms with Crippen LogP contribution in [0.25, 0.3) is 0 Å². The maximum absolute atomic E-state index is 12.3. The maximum Gasteiger partial charge on any atom is 0.260 e. The number of nitrogens with one attached hydrogen (secondary N) is 1. The van der Waals surface area contributed by atoms with Crippen molar-refractivity contribution in [1.29, 1.82) is 0 Å². The van der Waals surface area contributed by atoms with Gasteiger partial charge in [0.1, 0.15) is 0 Å². The van der Waals surface area contributed by atoms with Crippen LogP contribution in [0.2, 0.25) is 5.02 Å². The molecule has 0 aliphatic carbocycles. The van der Waals surface area contributed by atoms with Crippen LogP contribution < -0.4 is 0 Å². The highest BCUT2D eigenvalue weighted by atomic mass is 35.5. The Morgan fingerprint density at radius 2 is 2.21 bits per heavy atom. The van der Waals surface area contributed by atoms with E-state index < -0.39 is 10.0 Å². The van der Waals surface area contributed by atoms with Gasteiger partial charge in [0.2, 0.25) is 0 Å². The van der Waals surface area contributed by atoms with Gasteiger partial charge in [0.15, 0.2) is 5.03 Å². The third-order valence-electron chi connectivity index (χ3n) is 2.69. The minimum absolute atomic E-state index is 0.0939. The molecule has 102 valence electrons. The Bertz CT molecular complexity index is 641. The van der Waals surface area contributed by atoms with Gasteiger partial charge in [-0.3, -0.25) is 0 Å². The first kappa shape index (κ1) is 14.0. The molecular weight excluding hydrogens is 286 g/mol. The van der Waals surface area contributed by atoms with Crippen molar-refractivity contribution >= 4 is 21.6 Å². The molecule has 0 amide bonds. The van der Waals surface area contributed by atoms with Gasteiger partial charge in [-0.25, -0.2) is 13.4 Å². The molecule has 5 nitrogen and oxygen atoms in total. The summed E-state index contributed by atoms with van der Waals surface area (Å²) in [7, 11) is -3.55. The standard InChI is InChI=1S/C12H14ClN3O2S/c1-2-16(8-10-4-3-5-11(13)6-10)19(17,18)12-7-14-9-15-12/h3-7,9H,2,8H2,1H3,(H,14,15). The van der Waals surface area contributed by atoms with E-state index in [2.05, 4.69) is 9.97 Å². The number of benzene rings is 1. The number of aromatic amines is 1. The van der Waals surface area contributed by atoms with E-state index in [0.29, 0.717) is 11.6 Å². The van der Waals surface area contributed by atoms with Gasteiger partial charge >= 0.3 is 0 Å². The summed E-state index contributed by atoms with van der Waals surface area (Å²) in [5, 5.41) is 0.684. The molecule has 0 bridgehead atoms. The molecular formula is C12H14ClN3O2S. The van der Waals surface area contributed by atoms with E-state index >= 15 is 0 Å². The van der Waals surface area contributed by atoms with Crippen molar-refractivity contribution in [3.8, 4) is 0 Å². The van der Waals surface area contributed by atoms with E-state index in [9.17, 15) is 8.42 Å². The highest BCUT2D eigenvalue weighted by molar-refractivity contribution is 7.89. The summed E-state index contributed by atoms with van der Waals surface area (Å²) in [5.41, 5.74) is 0.845. The molecule has 2 aromatic rings. The van der Waals surface area contributed by atoms with Crippen molar-refractivity contribution in [2.75, 3.05) is 6.54 Å². The Kier molecular flexibility index (Phi) is 4.24. The summed E-state index contributed by atoms with van der Waals surface area (Å²) in [5.74, 6) is 0. The number of rotatable bonds is 5. The summed E-state index contributed by atoms with van der Waals surface area (Å²) in [6.45, 7) is 2.44. The minimum Gasteiger partial charge on any atom is -0.335 e. The predicted molar refractivity (Wildman–Crippen MR) is 73.3 cm³/mol. The van der Waals surface area contributed by atoms with E-state index in [1.165, 1.54) is 16.8 Å². The lowest BCUT2D eigenvalue weighted by Gasteiger charge is -2.19. The zero-order valence-electron chi connectivity index (χ0n) is 10.4. The second-order valence-electron chi connectivity index (χ2n) is 3.98. The number of nitrogens with zero attached hydrogens (tertiary/aromatic N) is 2. The number of imidazole rings is 1. The van der Waals surface area contributed by atoms with Gasteiger partial charge in [0, 0.05) is 18.1 Å². The molecule has 1 aromatic heterocycles. The van der Waals surface area contributed by atoms with Crippen LogP contribution in [0.5, 0.6) is 0 Å². The molecule has 0 spiro atoms. The Morgan fingerprint density at radius 3 is 2.79 bits per heavy atom. The maximum atomic E-state index is 12.3. The Labute approximate surface area is 117 Å². The van der Waals surface area contributed by atoms with Gasteiger partial charge in [-0.15, -0.1) is 0 Å². The topological polar surface area (TPSA) is 66.1 Å². The first-order valence-electron chi connectivity index (χ1n) is 5.77. The van der Waals surface area contributed by atoms with E-state index in [0.717, 1.165) is 5.56 Å². The largest absolute Gasteiger partial charge is 0.335 e. The average molecular weight is 300 g/mol. The van der Waals surface area contributed by atoms with Crippen LogP contribution in [0.1, 0.15) is 12.5 Å². The monoisotopic (exact) mass is 299 g/mol.